The van der Waals surface area contributed by atoms with Gasteiger partial charge in [-0.3, -0.25) is 4.79 Å². The number of carbonyl (C=O) groups is 1. The molecule has 2 nitrogen and oxygen atoms in total. The molecule has 1 aromatic rings. The topological polar surface area (TPSA) is 37.3 Å². The molecule has 1 aromatic heterocycles. The highest BCUT2D eigenvalue weighted by atomic mass is 32.1. The number of hydrogen-bond acceptors (Lipinski definition) is 2. The zero-order valence-corrected chi connectivity index (χ0v) is 10.4. The van der Waals surface area contributed by atoms with Crippen LogP contribution in [0, 0.1) is 11.8 Å². The van der Waals surface area contributed by atoms with Crippen molar-refractivity contribution in [3.63, 3.8) is 0 Å². The molecule has 1 saturated carbocycles. The number of carboxylic acid groups (broad SMARTS) is 1. The predicted molar refractivity (Wildman–Crippen MR) is 65.9 cm³/mol. The van der Waals surface area contributed by atoms with Crippen LogP contribution in [0.1, 0.15) is 35.9 Å². The van der Waals surface area contributed by atoms with Gasteiger partial charge in [0.05, 0.1) is 5.92 Å². The zero-order chi connectivity index (χ0) is 11.5. The fourth-order valence-corrected chi connectivity index (χ4v) is 3.64. The van der Waals surface area contributed by atoms with Crippen molar-refractivity contribution in [3.05, 3.63) is 21.9 Å². The Morgan fingerprint density at radius 1 is 1.44 bits per heavy atom. The molecular formula is C13H18O2S. The number of thiophene rings is 1. The van der Waals surface area contributed by atoms with Crippen LogP contribution in [0.2, 0.25) is 0 Å². The highest BCUT2D eigenvalue weighted by molar-refractivity contribution is 7.11. The number of carboxylic acids is 1. The van der Waals surface area contributed by atoms with Crippen molar-refractivity contribution < 1.29 is 9.90 Å². The maximum Gasteiger partial charge on any atom is 0.306 e. The van der Waals surface area contributed by atoms with Gasteiger partial charge in [0, 0.05) is 9.75 Å². The summed E-state index contributed by atoms with van der Waals surface area (Å²) < 4.78 is 0. The number of hydrogen-bond donors (Lipinski definition) is 1. The molecule has 1 N–H and O–H groups in total. The van der Waals surface area contributed by atoms with Gasteiger partial charge in [0.25, 0.3) is 0 Å². The highest BCUT2D eigenvalue weighted by Gasteiger charge is 2.32. The summed E-state index contributed by atoms with van der Waals surface area (Å²) in [7, 11) is 0. The SMILES string of the molecule is CCc1ccc(CC2CCCC2C(=O)O)s1. The van der Waals surface area contributed by atoms with E-state index >= 15 is 0 Å². The molecule has 1 aliphatic rings. The van der Waals surface area contributed by atoms with Crippen LogP contribution in [0.25, 0.3) is 0 Å². The zero-order valence-electron chi connectivity index (χ0n) is 9.61. The molecule has 2 atom stereocenters. The Hall–Kier alpha value is -0.830. The van der Waals surface area contributed by atoms with Crippen LogP contribution in [0.3, 0.4) is 0 Å². The van der Waals surface area contributed by atoms with E-state index in [9.17, 15) is 4.79 Å². The maximum absolute atomic E-state index is 11.1. The number of rotatable bonds is 4. The van der Waals surface area contributed by atoms with Gasteiger partial charge in [-0.25, -0.2) is 0 Å². The van der Waals surface area contributed by atoms with Crippen molar-refractivity contribution in [3.8, 4) is 0 Å². The Balaban J connectivity index is 2.00. The highest BCUT2D eigenvalue weighted by Crippen LogP contribution is 2.35. The van der Waals surface area contributed by atoms with Gasteiger partial charge >= 0.3 is 5.97 Å². The third kappa shape index (κ3) is 2.46. The quantitative estimate of drug-likeness (QED) is 0.873. The van der Waals surface area contributed by atoms with Gasteiger partial charge in [-0.2, -0.15) is 0 Å². The molecule has 1 heterocycles. The molecule has 0 spiro atoms. The van der Waals surface area contributed by atoms with Crippen LogP contribution in [-0.2, 0) is 17.6 Å². The van der Waals surface area contributed by atoms with Crippen LogP contribution in [-0.4, -0.2) is 11.1 Å². The second-order valence-electron chi connectivity index (χ2n) is 4.56. The minimum absolute atomic E-state index is 0.104. The van der Waals surface area contributed by atoms with E-state index in [0.29, 0.717) is 5.92 Å². The van der Waals surface area contributed by atoms with E-state index in [1.165, 1.54) is 9.75 Å². The molecule has 0 aromatic carbocycles. The first-order chi connectivity index (χ1) is 7.70. The Labute approximate surface area is 100 Å². The minimum Gasteiger partial charge on any atom is -0.481 e. The van der Waals surface area contributed by atoms with Crippen molar-refractivity contribution in [2.75, 3.05) is 0 Å². The van der Waals surface area contributed by atoms with Gasteiger partial charge in [0.15, 0.2) is 0 Å². The lowest BCUT2D eigenvalue weighted by atomic mass is 9.92. The van der Waals surface area contributed by atoms with E-state index in [-0.39, 0.29) is 5.92 Å². The Bertz CT molecular complexity index is 370. The fourth-order valence-electron chi connectivity index (χ4n) is 2.59. The first kappa shape index (κ1) is 11.6. The molecule has 88 valence electrons. The van der Waals surface area contributed by atoms with E-state index in [4.69, 9.17) is 5.11 Å². The molecule has 0 radical (unpaired) electrons. The summed E-state index contributed by atoms with van der Waals surface area (Å²) in [6.07, 6.45) is 5.06. The lowest BCUT2D eigenvalue weighted by Crippen LogP contribution is -2.19. The number of aryl methyl sites for hydroxylation is 1. The monoisotopic (exact) mass is 238 g/mol. The van der Waals surface area contributed by atoms with Crippen molar-refractivity contribution in [2.45, 2.75) is 39.0 Å². The van der Waals surface area contributed by atoms with E-state index in [2.05, 4.69) is 19.1 Å². The summed E-state index contributed by atoms with van der Waals surface area (Å²) >= 11 is 1.84. The first-order valence-corrected chi connectivity index (χ1v) is 6.82. The van der Waals surface area contributed by atoms with Crippen molar-refractivity contribution in [1.29, 1.82) is 0 Å². The summed E-state index contributed by atoms with van der Waals surface area (Å²) in [6.45, 7) is 2.16. The standard InChI is InChI=1S/C13H18O2S/c1-2-10-6-7-11(16-10)8-9-4-3-5-12(9)13(14)15/h6-7,9,12H,2-5,8H2,1H3,(H,14,15). The second kappa shape index (κ2) is 5.00. The molecule has 2 rings (SSSR count). The number of aliphatic carboxylic acids is 1. The smallest absolute Gasteiger partial charge is 0.306 e. The summed E-state index contributed by atoms with van der Waals surface area (Å²) in [4.78, 5) is 13.8. The second-order valence-corrected chi connectivity index (χ2v) is 5.81. The van der Waals surface area contributed by atoms with Crippen molar-refractivity contribution in [1.82, 2.24) is 0 Å². The maximum atomic E-state index is 11.1. The van der Waals surface area contributed by atoms with E-state index in [1.807, 2.05) is 11.3 Å². The van der Waals surface area contributed by atoms with Crippen molar-refractivity contribution in [2.24, 2.45) is 11.8 Å². The molecule has 0 amide bonds. The van der Waals surface area contributed by atoms with Gasteiger partial charge in [-0.15, -0.1) is 11.3 Å². The Morgan fingerprint density at radius 2 is 2.19 bits per heavy atom. The summed E-state index contributed by atoms with van der Waals surface area (Å²) in [5, 5.41) is 9.12. The van der Waals surface area contributed by atoms with Crippen LogP contribution in [0.15, 0.2) is 12.1 Å². The molecule has 16 heavy (non-hydrogen) atoms. The molecule has 0 aliphatic heterocycles. The van der Waals surface area contributed by atoms with Crippen LogP contribution in [0.4, 0.5) is 0 Å². The normalized spacial score (nSPS) is 24.8. The van der Waals surface area contributed by atoms with E-state index < -0.39 is 5.97 Å². The first-order valence-electron chi connectivity index (χ1n) is 6.01. The minimum atomic E-state index is -0.602. The van der Waals surface area contributed by atoms with E-state index in [1.54, 1.807) is 0 Å². The van der Waals surface area contributed by atoms with Gasteiger partial charge in [-0.1, -0.05) is 13.3 Å². The van der Waals surface area contributed by atoms with Gasteiger partial charge in [0.1, 0.15) is 0 Å². The molecule has 1 aliphatic carbocycles. The van der Waals surface area contributed by atoms with Crippen LogP contribution < -0.4 is 0 Å². The third-order valence-electron chi connectivity index (χ3n) is 3.51. The average molecular weight is 238 g/mol. The Kier molecular flexibility index (Phi) is 3.64. The fraction of sp³-hybridized carbons (Fsp3) is 0.615. The van der Waals surface area contributed by atoms with Crippen LogP contribution in [0.5, 0.6) is 0 Å². The largest absolute Gasteiger partial charge is 0.481 e. The van der Waals surface area contributed by atoms with Gasteiger partial charge in [0.2, 0.25) is 0 Å². The molecule has 0 saturated heterocycles. The van der Waals surface area contributed by atoms with Gasteiger partial charge in [-0.05, 0) is 43.7 Å². The molecule has 3 heteroatoms. The molecule has 2 unspecified atom stereocenters. The summed E-state index contributed by atoms with van der Waals surface area (Å²) in [6, 6.07) is 4.34. The van der Waals surface area contributed by atoms with Gasteiger partial charge < -0.3 is 5.11 Å². The predicted octanol–water partition coefficient (Wildman–Crippen LogP) is 3.35. The molecule has 1 fully saturated rings. The van der Waals surface area contributed by atoms with E-state index in [0.717, 1.165) is 32.1 Å². The van der Waals surface area contributed by atoms with Crippen LogP contribution >= 0.6 is 11.3 Å². The molecular weight excluding hydrogens is 220 g/mol. The summed E-state index contributed by atoms with van der Waals surface area (Å²) in [5.74, 6) is -0.345. The summed E-state index contributed by atoms with van der Waals surface area (Å²) in [5.41, 5.74) is 0. The average Bonchev–Trinajstić information content (AvgIpc) is 2.87. The third-order valence-corrected chi connectivity index (χ3v) is 4.76. The Morgan fingerprint density at radius 3 is 2.81 bits per heavy atom. The van der Waals surface area contributed by atoms with Crippen molar-refractivity contribution >= 4 is 17.3 Å². The lowest BCUT2D eigenvalue weighted by Gasteiger charge is -2.14. The lowest BCUT2D eigenvalue weighted by molar-refractivity contribution is -0.142. The molecule has 0 bridgehead atoms.